The number of hydrogen-bond donors (Lipinski definition) is 1. The second-order valence-corrected chi connectivity index (χ2v) is 4.99. The monoisotopic (exact) mass is 309 g/mol. The van der Waals surface area contributed by atoms with Crippen LogP contribution in [0, 0.1) is 10.1 Å². The summed E-state index contributed by atoms with van der Waals surface area (Å²) in [4.78, 5) is 23.7. The van der Waals surface area contributed by atoms with E-state index in [0.717, 1.165) is 45.3 Å². The van der Waals surface area contributed by atoms with Crippen LogP contribution in [-0.4, -0.2) is 55.2 Å². The molecule has 2 rings (SSSR count). The van der Waals surface area contributed by atoms with Gasteiger partial charge in [-0.1, -0.05) is 0 Å². The normalized spacial score (nSPS) is 15.5. The van der Waals surface area contributed by atoms with E-state index in [4.69, 9.17) is 15.2 Å². The highest BCUT2D eigenvalue weighted by atomic mass is 16.6. The summed E-state index contributed by atoms with van der Waals surface area (Å²) in [5.74, 6) is -0.438. The van der Waals surface area contributed by atoms with Crippen LogP contribution in [0.4, 0.5) is 5.69 Å². The maximum atomic E-state index is 11.2. The van der Waals surface area contributed by atoms with Crippen molar-refractivity contribution >= 4 is 11.6 Å². The van der Waals surface area contributed by atoms with E-state index in [1.165, 1.54) is 12.1 Å². The van der Waals surface area contributed by atoms with Crippen LogP contribution >= 0.6 is 0 Å². The summed E-state index contributed by atoms with van der Waals surface area (Å²) in [5.41, 5.74) is 5.03. The molecule has 0 bridgehead atoms. The molecule has 1 fully saturated rings. The van der Waals surface area contributed by atoms with E-state index < -0.39 is 10.8 Å². The first-order valence-electron chi connectivity index (χ1n) is 7.08. The second kappa shape index (κ2) is 7.71. The molecule has 2 N–H and O–H groups in total. The quantitative estimate of drug-likeness (QED) is 0.453. The van der Waals surface area contributed by atoms with Gasteiger partial charge in [-0.25, -0.2) is 0 Å². The number of carbonyl (C=O) groups is 1. The number of hydrogen-bond acceptors (Lipinski definition) is 6. The lowest BCUT2D eigenvalue weighted by Crippen LogP contribution is -2.37. The number of carbonyl (C=O) groups excluding carboxylic acids is 1. The van der Waals surface area contributed by atoms with Gasteiger partial charge in [0.2, 0.25) is 5.91 Å². The largest absolute Gasteiger partial charge is 0.493 e. The Morgan fingerprint density at radius 2 is 2.09 bits per heavy atom. The lowest BCUT2D eigenvalue weighted by atomic mass is 10.2. The Morgan fingerprint density at radius 1 is 1.36 bits per heavy atom. The molecule has 1 aromatic rings. The van der Waals surface area contributed by atoms with Gasteiger partial charge in [0.05, 0.1) is 30.8 Å². The molecular formula is C14H19N3O5. The van der Waals surface area contributed by atoms with Crippen LogP contribution in [0.2, 0.25) is 0 Å². The molecule has 1 heterocycles. The first-order chi connectivity index (χ1) is 10.6. The fraction of sp³-hybridized carbons (Fsp3) is 0.500. The van der Waals surface area contributed by atoms with E-state index in [0.29, 0.717) is 6.61 Å². The van der Waals surface area contributed by atoms with Crippen LogP contribution < -0.4 is 10.5 Å². The molecule has 0 unspecified atom stereocenters. The molecule has 0 atom stereocenters. The van der Waals surface area contributed by atoms with Crippen molar-refractivity contribution in [2.75, 3.05) is 39.5 Å². The Hall–Kier alpha value is -2.19. The molecular weight excluding hydrogens is 290 g/mol. The standard InChI is InChI=1S/C14H19N3O5/c15-14(18)11-8-12(17(19)20)10-13(9-11)22-5-1-2-16-3-6-21-7-4-16/h8-10H,1-7H2,(H2,15,18). The zero-order valence-electron chi connectivity index (χ0n) is 12.2. The molecule has 8 heteroatoms. The first-order valence-corrected chi connectivity index (χ1v) is 7.08. The smallest absolute Gasteiger partial charge is 0.273 e. The number of primary amides is 1. The van der Waals surface area contributed by atoms with E-state index in [1.54, 1.807) is 0 Å². The molecule has 0 spiro atoms. The second-order valence-electron chi connectivity index (χ2n) is 4.99. The Morgan fingerprint density at radius 3 is 2.73 bits per heavy atom. The Balaban J connectivity index is 1.88. The van der Waals surface area contributed by atoms with Crippen LogP contribution in [0.15, 0.2) is 18.2 Å². The fourth-order valence-corrected chi connectivity index (χ4v) is 2.22. The van der Waals surface area contributed by atoms with Crippen LogP contribution in [0.3, 0.4) is 0 Å². The predicted molar refractivity (Wildman–Crippen MR) is 79.0 cm³/mol. The average molecular weight is 309 g/mol. The highest BCUT2D eigenvalue weighted by Gasteiger charge is 2.14. The van der Waals surface area contributed by atoms with Crippen molar-refractivity contribution in [2.45, 2.75) is 6.42 Å². The Kier molecular flexibility index (Phi) is 5.68. The number of nitro groups is 1. The molecule has 0 aromatic heterocycles. The maximum absolute atomic E-state index is 11.2. The lowest BCUT2D eigenvalue weighted by molar-refractivity contribution is -0.385. The molecule has 1 saturated heterocycles. The molecule has 1 aromatic carbocycles. The number of nitro benzene ring substituents is 1. The zero-order chi connectivity index (χ0) is 15.9. The minimum Gasteiger partial charge on any atom is -0.493 e. The van der Waals surface area contributed by atoms with Crippen LogP contribution in [0.25, 0.3) is 0 Å². The molecule has 8 nitrogen and oxygen atoms in total. The minimum absolute atomic E-state index is 0.0670. The van der Waals surface area contributed by atoms with Crippen LogP contribution in [-0.2, 0) is 4.74 Å². The Bertz CT molecular complexity index is 511. The van der Waals surface area contributed by atoms with Crippen molar-refractivity contribution in [1.82, 2.24) is 4.90 Å². The minimum atomic E-state index is -0.720. The Labute approximate surface area is 127 Å². The van der Waals surface area contributed by atoms with Gasteiger partial charge in [-0.2, -0.15) is 0 Å². The van der Waals surface area contributed by atoms with E-state index in [1.807, 2.05) is 0 Å². The number of ether oxygens (including phenoxy) is 2. The zero-order valence-corrected chi connectivity index (χ0v) is 12.2. The maximum Gasteiger partial charge on any atom is 0.273 e. The number of benzene rings is 1. The summed E-state index contributed by atoms with van der Waals surface area (Å²) in [6.45, 7) is 4.59. The van der Waals surface area contributed by atoms with Crippen molar-refractivity contribution in [3.05, 3.63) is 33.9 Å². The predicted octanol–water partition coefficient (Wildman–Crippen LogP) is 0.795. The van der Waals surface area contributed by atoms with Crippen molar-refractivity contribution in [3.63, 3.8) is 0 Å². The summed E-state index contributed by atoms with van der Waals surface area (Å²) in [7, 11) is 0. The third kappa shape index (κ3) is 4.68. The summed E-state index contributed by atoms with van der Waals surface area (Å²) < 4.78 is 10.8. The van der Waals surface area contributed by atoms with Gasteiger partial charge >= 0.3 is 0 Å². The number of nitrogens with two attached hydrogens (primary N) is 1. The van der Waals surface area contributed by atoms with Gasteiger partial charge in [0, 0.05) is 31.3 Å². The number of nitrogens with zero attached hydrogens (tertiary/aromatic N) is 2. The topological polar surface area (TPSA) is 108 Å². The van der Waals surface area contributed by atoms with E-state index >= 15 is 0 Å². The van der Waals surface area contributed by atoms with Crippen LogP contribution in [0.1, 0.15) is 16.8 Å². The van der Waals surface area contributed by atoms with Crippen LogP contribution in [0.5, 0.6) is 5.75 Å². The summed E-state index contributed by atoms with van der Waals surface area (Å²) in [5, 5.41) is 10.8. The number of rotatable bonds is 7. The van der Waals surface area contributed by atoms with Crippen molar-refractivity contribution < 1.29 is 19.2 Å². The van der Waals surface area contributed by atoms with Crippen molar-refractivity contribution in [3.8, 4) is 5.75 Å². The van der Waals surface area contributed by atoms with Crippen molar-refractivity contribution in [2.24, 2.45) is 5.73 Å². The molecule has 0 radical (unpaired) electrons. The van der Waals surface area contributed by atoms with Gasteiger partial charge in [0.1, 0.15) is 5.75 Å². The summed E-state index contributed by atoms with van der Waals surface area (Å²) in [6.07, 6.45) is 0.786. The van der Waals surface area contributed by atoms with Crippen molar-refractivity contribution in [1.29, 1.82) is 0 Å². The van der Waals surface area contributed by atoms with Gasteiger partial charge in [-0.05, 0) is 12.5 Å². The van der Waals surface area contributed by atoms with E-state index in [-0.39, 0.29) is 17.0 Å². The third-order valence-electron chi connectivity index (χ3n) is 3.38. The molecule has 0 aliphatic carbocycles. The molecule has 120 valence electrons. The molecule has 22 heavy (non-hydrogen) atoms. The summed E-state index contributed by atoms with van der Waals surface area (Å²) >= 11 is 0. The van der Waals surface area contributed by atoms with Gasteiger partial charge in [-0.15, -0.1) is 0 Å². The average Bonchev–Trinajstić information content (AvgIpc) is 2.52. The van der Waals surface area contributed by atoms with Gasteiger partial charge in [0.25, 0.3) is 5.69 Å². The SMILES string of the molecule is NC(=O)c1cc(OCCCN2CCOCC2)cc([N+](=O)[O-])c1. The highest BCUT2D eigenvalue weighted by molar-refractivity contribution is 5.93. The van der Waals surface area contributed by atoms with Gasteiger partial charge in [0.15, 0.2) is 0 Å². The number of amides is 1. The number of morpholine rings is 1. The highest BCUT2D eigenvalue weighted by Crippen LogP contribution is 2.22. The molecule has 0 saturated carbocycles. The number of non-ortho nitro benzene ring substituents is 1. The molecule has 1 amide bonds. The molecule has 1 aliphatic rings. The fourth-order valence-electron chi connectivity index (χ4n) is 2.22. The van der Waals surface area contributed by atoms with E-state index in [2.05, 4.69) is 4.90 Å². The van der Waals surface area contributed by atoms with Gasteiger partial charge < -0.3 is 15.2 Å². The van der Waals surface area contributed by atoms with Gasteiger partial charge in [-0.3, -0.25) is 19.8 Å². The summed E-state index contributed by atoms with van der Waals surface area (Å²) in [6, 6.07) is 3.86. The van der Waals surface area contributed by atoms with E-state index in [9.17, 15) is 14.9 Å². The molecule has 1 aliphatic heterocycles. The third-order valence-corrected chi connectivity index (χ3v) is 3.38. The first kappa shape index (κ1) is 16.2. The lowest BCUT2D eigenvalue weighted by Gasteiger charge is -2.26.